The van der Waals surface area contributed by atoms with Gasteiger partial charge >= 0.3 is 0 Å². The van der Waals surface area contributed by atoms with Crippen LogP contribution in [0.15, 0.2) is 150 Å². The Morgan fingerprint density at radius 3 is 1.81 bits per heavy atom. The second-order valence-electron chi connectivity index (χ2n) is 11.8. The Morgan fingerprint density at radius 1 is 0.438 bits per heavy atom. The maximum absolute atomic E-state index is 6.48. The summed E-state index contributed by atoms with van der Waals surface area (Å²) in [7, 11) is 0. The van der Waals surface area contributed by atoms with E-state index in [0.717, 1.165) is 49.5 Å². The Morgan fingerprint density at radius 2 is 1.10 bits per heavy atom. The second kappa shape index (κ2) is 10.7. The molecule has 10 aromatic rings. The maximum atomic E-state index is 6.48. The van der Waals surface area contributed by atoms with E-state index < -0.39 is 0 Å². The summed E-state index contributed by atoms with van der Waals surface area (Å²) >= 11 is 1.79. The molecule has 0 amide bonds. The molecule has 0 saturated carbocycles. The second-order valence-corrected chi connectivity index (χ2v) is 12.9. The summed E-state index contributed by atoms with van der Waals surface area (Å²) in [5.41, 5.74) is 5.51. The predicted octanol–water partition coefficient (Wildman–Crippen LogP) is 11.4. The van der Waals surface area contributed by atoms with Gasteiger partial charge in [0.25, 0.3) is 0 Å². The zero-order chi connectivity index (χ0) is 31.6. The van der Waals surface area contributed by atoms with Gasteiger partial charge in [0.05, 0.1) is 0 Å². The molecule has 0 aliphatic rings. The normalized spacial score (nSPS) is 11.8. The Kier molecular flexibility index (Phi) is 5.98. The molecule has 0 fully saturated rings. The molecule has 0 spiro atoms. The monoisotopic (exact) mass is 632 g/mol. The highest BCUT2D eigenvalue weighted by atomic mass is 32.1. The molecule has 0 atom stereocenters. The summed E-state index contributed by atoms with van der Waals surface area (Å²) < 4.78 is 8.88. The van der Waals surface area contributed by atoms with Crippen molar-refractivity contribution in [1.82, 2.24) is 19.9 Å². The van der Waals surface area contributed by atoms with Gasteiger partial charge in [-0.15, -0.1) is 11.3 Å². The lowest BCUT2D eigenvalue weighted by Gasteiger charge is -2.12. The predicted molar refractivity (Wildman–Crippen MR) is 197 cm³/mol. The van der Waals surface area contributed by atoms with Gasteiger partial charge in [-0.25, -0.2) is 19.9 Å². The largest absolute Gasteiger partial charge is 0.435 e. The number of nitrogens with zero attached hydrogens (tertiary/aromatic N) is 4. The number of fused-ring (bicyclic) bond motifs is 8. The maximum Gasteiger partial charge on any atom is 0.227 e. The van der Waals surface area contributed by atoms with Crippen molar-refractivity contribution < 1.29 is 4.42 Å². The van der Waals surface area contributed by atoms with Gasteiger partial charge in [-0.1, -0.05) is 109 Å². The number of rotatable bonds is 4. The van der Waals surface area contributed by atoms with Crippen molar-refractivity contribution in [2.75, 3.05) is 0 Å². The Balaban J connectivity index is 1.20. The molecule has 0 unspecified atom stereocenters. The molecule has 0 saturated heterocycles. The minimum atomic E-state index is 0.635. The van der Waals surface area contributed by atoms with E-state index in [9.17, 15) is 0 Å². The fraction of sp³-hybridized carbons (Fsp3) is 0. The van der Waals surface area contributed by atoms with Gasteiger partial charge in [-0.3, -0.25) is 0 Å². The first-order valence-electron chi connectivity index (χ1n) is 15.8. The first-order valence-corrected chi connectivity index (χ1v) is 16.6. The van der Waals surface area contributed by atoms with E-state index in [1.54, 1.807) is 11.3 Å². The van der Waals surface area contributed by atoms with Crippen molar-refractivity contribution in [2.45, 2.75) is 0 Å². The van der Waals surface area contributed by atoms with Crippen LogP contribution in [0.5, 0.6) is 0 Å². The molecule has 3 aromatic heterocycles. The van der Waals surface area contributed by atoms with Crippen molar-refractivity contribution in [3.05, 3.63) is 146 Å². The molecular formula is C42H24N4OS. The first kappa shape index (κ1) is 26.9. The number of thiophene rings is 1. The van der Waals surface area contributed by atoms with E-state index in [4.69, 9.17) is 24.4 Å². The molecule has 224 valence electrons. The summed E-state index contributed by atoms with van der Waals surface area (Å²) in [6, 6.07) is 49.9. The highest BCUT2D eigenvalue weighted by molar-refractivity contribution is 7.26. The van der Waals surface area contributed by atoms with Crippen molar-refractivity contribution >= 4 is 64.2 Å². The zero-order valence-electron chi connectivity index (χ0n) is 25.5. The summed E-state index contributed by atoms with van der Waals surface area (Å²) in [6.07, 6.45) is 0. The molecule has 5 nitrogen and oxygen atoms in total. The average molecular weight is 633 g/mol. The molecule has 0 bridgehead atoms. The molecular weight excluding hydrogens is 609 g/mol. The highest BCUT2D eigenvalue weighted by Crippen LogP contribution is 2.43. The number of hydrogen-bond donors (Lipinski definition) is 0. The van der Waals surface area contributed by atoms with Crippen LogP contribution in [0.3, 0.4) is 0 Å². The molecule has 0 aliphatic carbocycles. The smallest absolute Gasteiger partial charge is 0.227 e. The minimum Gasteiger partial charge on any atom is -0.435 e. The minimum absolute atomic E-state index is 0.635. The van der Waals surface area contributed by atoms with Gasteiger partial charge in [-0.05, 0) is 57.9 Å². The first-order chi connectivity index (χ1) is 23.8. The van der Waals surface area contributed by atoms with Crippen molar-refractivity contribution in [3.8, 4) is 45.6 Å². The summed E-state index contributed by atoms with van der Waals surface area (Å²) in [5, 5.41) is 6.85. The van der Waals surface area contributed by atoms with E-state index in [-0.39, 0.29) is 0 Å². The van der Waals surface area contributed by atoms with E-state index in [1.807, 2.05) is 91.0 Å². The van der Waals surface area contributed by atoms with Crippen LogP contribution in [0.2, 0.25) is 0 Å². The summed E-state index contributed by atoms with van der Waals surface area (Å²) in [6.45, 7) is 0. The van der Waals surface area contributed by atoms with Gasteiger partial charge in [0, 0.05) is 42.4 Å². The molecule has 3 heterocycles. The van der Waals surface area contributed by atoms with Crippen molar-refractivity contribution in [3.63, 3.8) is 0 Å². The van der Waals surface area contributed by atoms with E-state index in [0.29, 0.717) is 23.4 Å². The van der Waals surface area contributed by atoms with Crippen LogP contribution in [0.1, 0.15) is 0 Å². The fourth-order valence-corrected chi connectivity index (χ4v) is 7.79. The van der Waals surface area contributed by atoms with Gasteiger partial charge < -0.3 is 4.42 Å². The zero-order valence-corrected chi connectivity index (χ0v) is 26.3. The number of aromatic nitrogens is 4. The quantitative estimate of drug-likeness (QED) is 0.181. The summed E-state index contributed by atoms with van der Waals surface area (Å²) in [4.78, 5) is 19.8. The molecule has 0 radical (unpaired) electrons. The van der Waals surface area contributed by atoms with Crippen LogP contribution >= 0.6 is 11.3 Å². The van der Waals surface area contributed by atoms with Gasteiger partial charge in [0.15, 0.2) is 23.1 Å². The van der Waals surface area contributed by atoms with Gasteiger partial charge in [-0.2, -0.15) is 0 Å². The SMILES string of the molecule is c1ccc(-c2nc(-c3ccccc3)nc(-c3cccc4c3ccc3cc5sc6ccc7nc(-c8ccccc8)oc7c6c5cc34)n2)cc1. The lowest BCUT2D eigenvalue weighted by atomic mass is 9.96. The standard InChI is InChI=1S/C42H24N4OS/c1-4-11-25(12-5-1)39-44-40(26-13-6-2-7-14-26)46-41(45-39)31-18-10-17-29-30(31)20-19-28-23-36-33(24-32(28)29)37-35(48-36)22-21-34-38(37)47-42(43-34)27-15-8-3-9-16-27/h1-24H. The topological polar surface area (TPSA) is 64.7 Å². The van der Waals surface area contributed by atoms with Crippen LogP contribution in [0, 0.1) is 0 Å². The fourth-order valence-electron chi connectivity index (χ4n) is 6.66. The van der Waals surface area contributed by atoms with Gasteiger partial charge in [0.1, 0.15) is 5.52 Å². The lowest BCUT2D eigenvalue weighted by molar-refractivity contribution is 0.623. The van der Waals surface area contributed by atoms with E-state index in [2.05, 4.69) is 54.6 Å². The third kappa shape index (κ3) is 4.31. The van der Waals surface area contributed by atoms with E-state index >= 15 is 0 Å². The van der Waals surface area contributed by atoms with Crippen molar-refractivity contribution in [1.29, 1.82) is 0 Å². The number of oxazole rings is 1. The van der Waals surface area contributed by atoms with E-state index in [1.165, 1.54) is 25.6 Å². The molecule has 48 heavy (non-hydrogen) atoms. The summed E-state index contributed by atoms with van der Waals surface area (Å²) in [5.74, 6) is 2.58. The van der Waals surface area contributed by atoms with Crippen LogP contribution in [0.4, 0.5) is 0 Å². The van der Waals surface area contributed by atoms with Crippen LogP contribution < -0.4 is 0 Å². The third-order valence-electron chi connectivity index (χ3n) is 8.95. The Bertz CT molecular complexity index is 2770. The van der Waals surface area contributed by atoms with Crippen LogP contribution in [-0.4, -0.2) is 19.9 Å². The highest BCUT2D eigenvalue weighted by Gasteiger charge is 2.18. The number of hydrogen-bond acceptors (Lipinski definition) is 6. The molecule has 0 aliphatic heterocycles. The molecule has 7 aromatic carbocycles. The number of benzene rings is 7. The van der Waals surface area contributed by atoms with Crippen LogP contribution in [0.25, 0.3) is 98.4 Å². The Labute approximate surface area is 278 Å². The van der Waals surface area contributed by atoms with Gasteiger partial charge in [0.2, 0.25) is 5.89 Å². The van der Waals surface area contributed by atoms with Crippen molar-refractivity contribution in [2.24, 2.45) is 0 Å². The average Bonchev–Trinajstić information content (AvgIpc) is 3.76. The third-order valence-corrected chi connectivity index (χ3v) is 10.1. The lowest BCUT2D eigenvalue weighted by Crippen LogP contribution is -2.00. The van der Waals surface area contributed by atoms with Crippen LogP contribution in [-0.2, 0) is 0 Å². The molecule has 10 rings (SSSR count). The Hall–Kier alpha value is -6.24. The molecule has 0 N–H and O–H groups in total. The molecule has 6 heteroatoms.